The van der Waals surface area contributed by atoms with Crippen LogP contribution in [0.4, 0.5) is 4.39 Å². The number of benzene rings is 1. The van der Waals surface area contributed by atoms with Crippen LogP contribution in [0.15, 0.2) is 42.9 Å². The number of likely N-dealkylation sites (tertiary alicyclic amines) is 1. The fraction of sp³-hybridized carbons (Fsp3) is 0.531. The smallest absolute Gasteiger partial charge is 0.256 e. The maximum absolute atomic E-state index is 14.4. The summed E-state index contributed by atoms with van der Waals surface area (Å²) in [4.78, 5) is 33.4. The molecule has 7 nitrogen and oxygen atoms in total. The number of hydrogen-bond acceptors (Lipinski definition) is 4. The van der Waals surface area contributed by atoms with Crippen LogP contribution in [0.25, 0.3) is 16.6 Å². The quantitative estimate of drug-likeness (QED) is 0.423. The van der Waals surface area contributed by atoms with E-state index in [2.05, 4.69) is 27.5 Å². The Labute approximate surface area is 236 Å². The van der Waals surface area contributed by atoms with Crippen molar-refractivity contribution in [3.05, 3.63) is 59.8 Å². The molecule has 2 aromatic heterocycles. The van der Waals surface area contributed by atoms with Crippen molar-refractivity contribution in [2.75, 3.05) is 26.7 Å². The van der Waals surface area contributed by atoms with Gasteiger partial charge in [0.25, 0.3) is 5.91 Å². The van der Waals surface area contributed by atoms with Gasteiger partial charge in [0.1, 0.15) is 5.82 Å². The fourth-order valence-electron chi connectivity index (χ4n) is 6.51. The number of carbonyl (C=O) groups is 2. The second-order valence-electron chi connectivity index (χ2n) is 12.0. The summed E-state index contributed by atoms with van der Waals surface area (Å²) in [7, 11) is 1.75. The average molecular weight is 548 g/mol. The number of halogens is 1. The molecule has 40 heavy (non-hydrogen) atoms. The van der Waals surface area contributed by atoms with E-state index in [-0.39, 0.29) is 17.9 Å². The summed E-state index contributed by atoms with van der Waals surface area (Å²) in [6.07, 6.45) is 12.5. The summed E-state index contributed by atoms with van der Waals surface area (Å²) in [5, 5.41) is 4.23. The summed E-state index contributed by atoms with van der Waals surface area (Å²) in [6, 6.07) is 6.88. The average Bonchev–Trinajstić information content (AvgIpc) is 3.33. The molecule has 3 heterocycles. The summed E-state index contributed by atoms with van der Waals surface area (Å²) in [5.74, 6) is 0.572. The van der Waals surface area contributed by atoms with Gasteiger partial charge in [0, 0.05) is 50.4 Å². The number of aromatic nitrogens is 2. The summed E-state index contributed by atoms with van der Waals surface area (Å²) < 4.78 is 16.4. The molecule has 0 atom stereocenters. The van der Waals surface area contributed by atoms with Gasteiger partial charge in [-0.05, 0) is 107 Å². The molecule has 2 fully saturated rings. The lowest BCUT2D eigenvalue weighted by Gasteiger charge is -2.36. The van der Waals surface area contributed by atoms with Gasteiger partial charge >= 0.3 is 0 Å². The van der Waals surface area contributed by atoms with Crippen LogP contribution in [0.5, 0.6) is 0 Å². The van der Waals surface area contributed by atoms with Crippen molar-refractivity contribution in [3.8, 4) is 5.69 Å². The lowest BCUT2D eigenvalue weighted by atomic mass is 9.84. The van der Waals surface area contributed by atoms with Gasteiger partial charge < -0.3 is 19.7 Å². The number of nitrogens with zero attached hydrogens (tertiary/aromatic N) is 4. The van der Waals surface area contributed by atoms with E-state index in [0.717, 1.165) is 56.2 Å². The van der Waals surface area contributed by atoms with E-state index in [4.69, 9.17) is 0 Å². The molecule has 2 amide bonds. The van der Waals surface area contributed by atoms with E-state index in [1.165, 1.54) is 30.5 Å². The third-order valence-corrected chi connectivity index (χ3v) is 8.98. The van der Waals surface area contributed by atoms with Crippen molar-refractivity contribution >= 4 is 22.7 Å². The summed E-state index contributed by atoms with van der Waals surface area (Å²) >= 11 is 0. The van der Waals surface area contributed by atoms with Crippen LogP contribution < -0.4 is 5.32 Å². The lowest BCUT2D eigenvalue weighted by molar-refractivity contribution is -0.119. The number of rotatable bonds is 7. The third-order valence-electron chi connectivity index (χ3n) is 8.98. The Morgan fingerprint density at radius 1 is 1.10 bits per heavy atom. The third kappa shape index (κ3) is 6.07. The normalized spacial score (nSPS) is 20.6. The van der Waals surface area contributed by atoms with Crippen LogP contribution in [0.2, 0.25) is 0 Å². The minimum absolute atomic E-state index is 0.000294. The number of nitrogens with one attached hydrogen (secondary N) is 1. The monoisotopic (exact) mass is 547 g/mol. The van der Waals surface area contributed by atoms with Crippen molar-refractivity contribution < 1.29 is 14.0 Å². The van der Waals surface area contributed by atoms with Crippen LogP contribution in [-0.2, 0) is 4.79 Å². The molecule has 1 saturated heterocycles. The standard InChI is InChI=1S/C32H42FN5O2/c1-21(2)36(4)32(40)28-17-25(33)7-10-30(28)38-20-29(27-11-14-34-18-31(27)38)24-12-15-37(16-13-24)19-23-5-8-26(9-6-23)35-22(3)39/h7,10-11,14,17-18,20-21,23-24,26H,5-6,8-9,12-13,15-16,19H2,1-4H3,(H,35,39). The Morgan fingerprint density at radius 2 is 1.82 bits per heavy atom. The molecular weight excluding hydrogens is 505 g/mol. The van der Waals surface area contributed by atoms with Gasteiger partial charge in [0.15, 0.2) is 0 Å². The highest BCUT2D eigenvalue weighted by Crippen LogP contribution is 2.37. The molecule has 0 unspecified atom stereocenters. The molecule has 214 valence electrons. The van der Waals surface area contributed by atoms with Gasteiger partial charge in [-0.3, -0.25) is 14.6 Å². The lowest BCUT2D eigenvalue weighted by Crippen LogP contribution is -2.40. The Balaban J connectivity index is 1.33. The van der Waals surface area contributed by atoms with Gasteiger partial charge in [-0.25, -0.2) is 4.39 Å². The molecule has 1 saturated carbocycles. The highest BCUT2D eigenvalue weighted by atomic mass is 19.1. The molecular formula is C32H42FN5O2. The minimum atomic E-state index is -0.421. The van der Waals surface area contributed by atoms with Crippen LogP contribution >= 0.6 is 0 Å². The zero-order valence-electron chi connectivity index (χ0n) is 24.2. The van der Waals surface area contributed by atoms with E-state index >= 15 is 0 Å². The molecule has 0 spiro atoms. The zero-order valence-corrected chi connectivity index (χ0v) is 24.2. The number of piperidine rings is 1. The molecule has 1 N–H and O–H groups in total. The van der Waals surface area contributed by atoms with Crippen molar-refractivity contribution in [2.45, 2.75) is 77.3 Å². The summed E-state index contributed by atoms with van der Waals surface area (Å²) in [5.41, 5.74) is 3.23. The molecule has 0 bridgehead atoms. The van der Waals surface area contributed by atoms with Crippen LogP contribution in [-0.4, -0.2) is 69.9 Å². The van der Waals surface area contributed by atoms with Gasteiger partial charge in [-0.1, -0.05) is 0 Å². The second-order valence-corrected chi connectivity index (χ2v) is 12.0. The Morgan fingerprint density at radius 3 is 2.50 bits per heavy atom. The van der Waals surface area contributed by atoms with Crippen LogP contribution in [0.1, 0.15) is 81.1 Å². The highest BCUT2D eigenvalue weighted by molar-refractivity contribution is 5.99. The maximum Gasteiger partial charge on any atom is 0.256 e. The molecule has 1 aliphatic heterocycles. The summed E-state index contributed by atoms with van der Waals surface area (Å²) in [6.45, 7) is 8.77. The molecule has 3 aromatic rings. The second kappa shape index (κ2) is 12.1. The largest absolute Gasteiger partial charge is 0.354 e. The van der Waals surface area contributed by atoms with E-state index in [0.29, 0.717) is 29.1 Å². The zero-order chi connectivity index (χ0) is 28.4. The first-order chi connectivity index (χ1) is 19.2. The molecule has 0 radical (unpaired) electrons. The van der Waals surface area contributed by atoms with Crippen molar-refractivity contribution in [1.29, 1.82) is 0 Å². The Kier molecular flexibility index (Phi) is 8.54. The van der Waals surface area contributed by atoms with Crippen molar-refractivity contribution in [1.82, 2.24) is 24.7 Å². The first kappa shape index (κ1) is 28.3. The Bertz CT molecular complexity index is 1350. The van der Waals surface area contributed by atoms with Crippen molar-refractivity contribution in [2.24, 2.45) is 5.92 Å². The highest BCUT2D eigenvalue weighted by Gasteiger charge is 2.29. The molecule has 5 rings (SSSR count). The number of carbonyl (C=O) groups excluding carboxylic acids is 2. The van der Waals surface area contributed by atoms with Gasteiger partial charge in [-0.2, -0.15) is 0 Å². The fourth-order valence-corrected chi connectivity index (χ4v) is 6.51. The van der Waals surface area contributed by atoms with E-state index in [9.17, 15) is 14.0 Å². The maximum atomic E-state index is 14.4. The predicted molar refractivity (Wildman–Crippen MR) is 156 cm³/mol. The van der Waals surface area contributed by atoms with Crippen molar-refractivity contribution in [3.63, 3.8) is 0 Å². The van der Waals surface area contributed by atoms with Gasteiger partial charge in [-0.15, -0.1) is 0 Å². The molecule has 1 aliphatic carbocycles. The first-order valence-corrected chi connectivity index (χ1v) is 14.7. The van der Waals surface area contributed by atoms with E-state index in [1.54, 1.807) is 24.9 Å². The molecule has 2 aliphatic rings. The van der Waals surface area contributed by atoms with E-state index < -0.39 is 5.82 Å². The van der Waals surface area contributed by atoms with Gasteiger partial charge in [0.2, 0.25) is 5.91 Å². The topological polar surface area (TPSA) is 70.5 Å². The number of fused-ring (bicyclic) bond motifs is 1. The molecule has 1 aromatic carbocycles. The molecule has 8 heteroatoms. The minimum Gasteiger partial charge on any atom is -0.354 e. The van der Waals surface area contributed by atoms with Gasteiger partial charge in [0.05, 0.1) is 23.0 Å². The van der Waals surface area contributed by atoms with Crippen LogP contribution in [0.3, 0.4) is 0 Å². The van der Waals surface area contributed by atoms with E-state index in [1.807, 2.05) is 30.8 Å². The number of hydrogen-bond donors (Lipinski definition) is 1. The first-order valence-electron chi connectivity index (χ1n) is 14.7. The predicted octanol–water partition coefficient (Wildman–Crippen LogP) is 5.52. The number of pyridine rings is 1. The van der Waals surface area contributed by atoms with Crippen LogP contribution in [0, 0.1) is 11.7 Å². The number of amides is 2. The Hall–Kier alpha value is -3.26. The SMILES string of the molecule is CC(=O)NC1CCC(CN2CCC(c3cn(-c4ccc(F)cc4C(=O)N(C)C(C)C)c4cnccc34)CC2)CC1.